The first kappa shape index (κ1) is 21.5. The van der Waals surface area contributed by atoms with Crippen LogP contribution in [0.2, 0.25) is 0 Å². The summed E-state index contributed by atoms with van der Waals surface area (Å²) in [6.45, 7) is 8.63. The van der Waals surface area contributed by atoms with Crippen molar-refractivity contribution in [3.63, 3.8) is 0 Å². The highest BCUT2D eigenvalue weighted by atomic mass is 19.2. The average molecular weight is 358 g/mol. The van der Waals surface area contributed by atoms with Gasteiger partial charge in [0.05, 0.1) is 12.6 Å². The number of hydrogen-bond acceptors (Lipinski definition) is 4. The smallest absolute Gasteiger partial charge is 0.240 e. The Bertz CT molecular complexity index is 549. The maximum absolute atomic E-state index is 13.3. The summed E-state index contributed by atoms with van der Waals surface area (Å²) in [6, 6.07) is 2.55. The van der Waals surface area contributed by atoms with E-state index in [2.05, 4.69) is 0 Å². The number of halogens is 2. The fourth-order valence-corrected chi connectivity index (χ4v) is 2.46. The zero-order valence-corrected chi connectivity index (χ0v) is 15.3. The highest BCUT2D eigenvalue weighted by Crippen LogP contribution is 2.13. The third-order valence-electron chi connectivity index (χ3n) is 3.71. The minimum Gasteiger partial charge on any atom is -0.351 e. The van der Waals surface area contributed by atoms with E-state index in [4.69, 9.17) is 15.2 Å². The Morgan fingerprint density at radius 1 is 1.16 bits per heavy atom. The molecule has 7 heteroatoms. The van der Waals surface area contributed by atoms with Gasteiger partial charge in [-0.25, -0.2) is 8.78 Å². The molecule has 0 saturated carbocycles. The van der Waals surface area contributed by atoms with Gasteiger partial charge in [-0.15, -0.1) is 0 Å². The summed E-state index contributed by atoms with van der Waals surface area (Å²) < 4.78 is 37.3. The fourth-order valence-electron chi connectivity index (χ4n) is 2.46. The van der Waals surface area contributed by atoms with Crippen molar-refractivity contribution in [2.45, 2.75) is 52.5 Å². The number of nitrogens with two attached hydrogens (primary N) is 1. The van der Waals surface area contributed by atoms with Crippen molar-refractivity contribution in [2.75, 3.05) is 19.8 Å². The molecular formula is C18H28F2N2O3. The molecule has 0 bridgehead atoms. The zero-order valence-electron chi connectivity index (χ0n) is 15.3. The van der Waals surface area contributed by atoms with Gasteiger partial charge in [-0.2, -0.15) is 0 Å². The average Bonchev–Trinajstić information content (AvgIpc) is 2.55. The molecule has 1 amide bonds. The van der Waals surface area contributed by atoms with Gasteiger partial charge in [0.2, 0.25) is 5.91 Å². The molecule has 1 atom stereocenters. The summed E-state index contributed by atoms with van der Waals surface area (Å²) in [6.07, 6.45) is -0.412. The SMILES string of the molecule is CCOC(CN(C(=O)C(N)Cc1ccc(F)c(F)c1)C(C)C)OCC. The molecule has 0 heterocycles. The molecule has 1 aromatic rings. The van der Waals surface area contributed by atoms with Crippen LogP contribution in [0.15, 0.2) is 18.2 Å². The molecule has 1 aromatic carbocycles. The van der Waals surface area contributed by atoms with Gasteiger partial charge in [-0.05, 0) is 51.8 Å². The van der Waals surface area contributed by atoms with Crippen molar-refractivity contribution >= 4 is 5.91 Å². The number of hydrogen-bond donors (Lipinski definition) is 1. The van der Waals surface area contributed by atoms with E-state index in [-0.39, 0.29) is 24.9 Å². The molecule has 0 aliphatic carbocycles. The van der Waals surface area contributed by atoms with Crippen molar-refractivity contribution in [1.29, 1.82) is 0 Å². The van der Waals surface area contributed by atoms with E-state index in [0.717, 1.165) is 12.1 Å². The minimum atomic E-state index is -0.953. The Morgan fingerprint density at radius 2 is 1.76 bits per heavy atom. The number of benzene rings is 1. The molecule has 1 rings (SSSR count). The van der Waals surface area contributed by atoms with Crippen LogP contribution in [0.4, 0.5) is 8.78 Å². The first-order chi connectivity index (χ1) is 11.8. The van der Waals surface area contributed by atoms with Gasteiger partial charge in [0.25, 0.3) is 0 Å². The highest BCUT2D eigenvalue weighted by Gasteiger charge is 2.26. The monoisotopic (exact) mass is 358 g/mol. The van der Waals surface area contributed by atoms with Gasteiger partial charge >= 0.3 is 0 Å². The van der Waals surface area contributed by atoms with Crippen molar-refractivity contribution < 1.29 is 23.0 Å². The summed E-state index contributed by atoms with van der Waals surface area (Å²) in [5.74, 6) is -2.17. The molecule has 0 aliphatic heterocycles. The van der Waals surface area contributed by atoms with E-state index in [9.17, 15) is 13.6 Å². The van der Waals surface area contributed by atoms with Gasteiger partial charge in [-0.1, -0.05) is 6.07 Å². The molecule has 0 aliphatic rings. The second-order valence-corrected chi connectivity index (χ2v) is 5.98. The number of amides is 1. The summed E-state index contributed by atoms with van der Waals surface area (Å²) >= 11 is 0. The van der Waals surface area contributed by atoms with Crippen LogP contribution < -0.4 is 5.73 Å². The number of nitrogens with zero attached hydrogens (tertiary/aromatic N) is 1. The third-order valence-corrected chi connectivity index (χ3v) is 3.71. The lowest BCUT2D eigenvalue weighted by Gasteiger charge is -2.32. The van der Waals surface area contributed by atoms with Gasteiger partial charge in [0, 0.05) is 19.3 Å². The molecule has 0 radical (unpaired) electrons. The van der Waals surface area contributed by atoms with Crippen LogP contribution in [-0.2, 0) is 20.7 Å². The van der Waals surface area contributed by atoms with Gasteiger partial charge in [0.15, 0.2) is 17.9 Å². The van der Waals surface area contributed by atoms with Crippen LogP contribution in [0.25, 0.3) is 0 Å². The van der Waals surface area contributed by atoms with E-state index in [1.54, 1.807) is 4.90 Å². The van der Waals surface area contributed by atoms with Crippen LogP contribution in [0.5, 0.6) is 0 Å². The Labute approximate surface area is 148 Å². The van der Waals surface area contributed by atoms with Gasteiger partial charge in [0.1, 0.15) is 0 Å². The summed E-state index contributed by atoms with van der Waals surface area (Å²) in [5, 5.41) is 0. The summed E-state index contributed by atoms with van der Waals surface area (Å²) in [5.41, 5.74) is 6.48. The first-order valence-corrected chi connectivity index (χ1v) is 8.53. The highest BCUT2D eigenvalue weighted by molar-refractivity contribution is 5.82. The molecule has 0 aromatic heterocycles. The zero-order chi connectivity index (χ0) is 19.0. The third kappa shape index (κ3) is 6.68. The standard InChI is InChI=1S/C18H28F2N2O3/c1-5-24-17(25-6-2)11-22(12(3)4)18(23)16(21)10-13-7-8-14(19)15(20)9-13/h7-9,12,16-17H,5-6,10-11,21H2,1-4H3. The van der Waals surface area contributed by atoms with Crippen molar-refractivity contribution in [3.05, 3.63) is 35.4 Å². The predicted octanol–water partition coefficient (Wildman–Crippen LogP) is 2.47. The number of carbonyl (C=O) groups is 1. The number of ether oxygens (including phenoxy) is 2. The van der Waals surface area contributed by atoms with Crippen LogP contribution >= 0.6 is 0 Å². The lowest BCUT2D eigenvalue weighted by Crippen LogP contribution is -2.51. The van der Waals surface area contributed by atoms with Gasteiger partial charge in [-0.3, -0.25) is 4.79 Å². The molecular weight excluding hydrogens is 330 g/mol. The normalized spacial score (nSPS) is 12.7. The maximum atomic E-state index is 13.3. The minimum absolute atomic E-state index is 0.105. The quantitative estimate of drug-likeness (QED) is 0.653. The molecule has 0 saturated heterocycles. The predicted molar refractivity (Wildman–Crippen MR) is 91.9 cm³/mol. The van der Waals surface area contributed by atoms with E-state index >= 15 is 0 Å². The molecule has 5 nitrogen and oxygen atoms in total. The van der Waals surface area contributed by atoms with E-state index < -0.39 is 24.0 Å². The van der Waals surface area contributed by atoms with Crippen LogP contribution in [-0.4, -0.2) is 48.9 Å². The topological polar surface area (TPSA) is 64.8 Å². The molecule has 2 N–H and O–H groups in total. The van der Waals surface area contributed by atoms with Crippen molar-refractivity contribution in [3.8, 4) is 0 Å². The summed E-state index contributed by atoms with van der Waals surface area (Å²) in [4.78, 5) is 14.3. The Kier molecular flexibility index (Phi) is 8.96. The van der Waals surface area contributed by atoms with E-state index in [0.29, 0.717) is 18.8 Å². The molecule has 0 fully saturated rings. The number of rotatable bonds is 10. The van der Waals surface area contributed by atoms with E-state index in [1.807, 2.05) is 27.7 Å². The fraction of sp³-hybridized carbons (Fsp3) is 0.611. The van der Waals surface area contributed by atoms with Gasteiger partial charge < -0.3 is 20.1 Å². The molecule has 1 unspecified atom stereocenters. The lowest BCUT2D eigenvalue weighted by molar-refractivity contribution is -0.162. The molecule has 25 heavy (non-hydrogen) atoms. The first-order valence-electron chi connectivity index (χ1n) is 8.53. The van der Waals surface area contributed by atoms with E-state index in [1.165, 1.54) is 6.07 Å². The van der Waals surface area contributed by atoms with Crippen molar-refractivity contribution in [1.82, 2.24) is 4.90 Å². The Hall–Kier alpha value is -1.57. The van der Waals surface area contributed by atoms with Crippen molar-refractivity contribution in [2.24, 2.45) is 5.73 Å². The largest absolute Gasteiger partial charge is 0.351 e. The molecule has 0 spiro atoms. The van der Waals surface area contributed by atoms with Crippen LogP contribution in [0.1, 0.15) is 33.3 Å². The maximum Gasteiger partial charge on any atom is 0.240 e. The second-order valence-electron chi connectivity index (χ2n) is 5.98. The second kappa shape index (κ2) is 10.4. The Balaban J connectivity index is 2.80. The molecule has 142 valence electrons. The summed E-state index contributed by atoms with van der Waals surface area (Å²) in [7, 11) is 0. The van der Waals surface area contributed by atoms with Crippen LogP contribution in [0, 0.1) is 11.6 Å². The Morgan fingerprint density at radius 3 is 2.24 bits per heavy atom. The number of carbonyl (C=O) groups excluding carboxylic acids is 1. The lowest BCUT2D eigenvalue weighted by atomic mass is 10.0. The van der Waals surface area contributed by atoms with Crippen LogP contribution in [0.3, 0.4) is 0 Å².